The molecule has 0 heterocycles. The number of esters is 1. The Balaban J connectivity index is 2.69. The topological polar surface area (TPSA) is 70.7 Å². The normalized spacial score (nSPS) is 11.4. The van der Waals surface area contributed by atoms with E-state index in [1.807, 2.05) is 43.3 Å². The van der Waals surface area contributed by atoms with E-state index in [4.69, 9.17) is 0 Å². The first-order chi connectivity index (χ1) is 9.43. The van der Waals surface area contributed by atoms with Crippen LogP contribution >= 0.6 is 0 Å². The highest BCUT2D eigenvalue weighted by molar-refractivity contribution is 5.83. The van der Waals surface area contributed by atoms with Crippen LogP contribution in [0.15, 0.2) is 24.3 Å². The molecule has 1 atom stereocenters. The molecule has 1 aromatic carbocycles. The molecule has 0 bridgehead atoms. The zero-order valence-corrected chi connectivity index (χ0v) is 12.3. The van der Waals surface area contributed by atoms with E-state index in [0.717, 1.165) is 11.4 Å². The van der Waals surface area contributed by atoms with E-state index < -0.39 is 12.0 Å². The number of ether oxygens (including phenoxy) is 1. The summed E-state index contributed by atoms with van der Waals surface area (Å²) in [4.78, 5) is 24.6. The molecule has 110 valence electrons. The molecule has 0 fully saturated rings. The number of rotatable bonds is 6. The second kappa shape index (κ2) is 7.37. The lowest BCUT2D eigenvalue weighted by molar-refractivity contribution is -0.144. The number of amides is 1. The molecule has 0 aromatic heterocycles. The first kappa shape index (κ1) is 15.8. The Morgan fingerprint density at radius 2 is 2.05 bits per heavy atom. The standard InChI is InChI=1S/C14H21N3O3/c1-10(18)16-13(14(19)20-4)9-15-11-6-5-7-12(8-11)17(2)3/h5-8,13,15H,9H2,1-4H3,(H,16,18). The monoisotopic (exact) mass is 279 g/mol. The summed E-state index contributed by atoms with van der Waals surface area (Å²) in [5.74, 6) is -0.749. The van der Waals surface area contributed by atoms with Crippen LogP contribution < -0.4 is 15.5 Å². The molecule has 6 nitrogen and oxygen atoms in total. The van der Waals surface area contributed by atoms with Crippen LogP contribution in [0, 0.1) is 0 Å². The average Bonchev–Trinajstić information content (AvgIpc) is 2.42. The minimum absolute atomic E-state index is 0.267. The molecule has 6 heteroatoms. The molecular weight excluding hydrogens is 258 g/mol. The molecule has 2 N–H and O–H groups in total. The SMILES string of the molecule is COC(=O)C(CNc1cccc(N(C)C)c1)NC(C)=O. The van der Waals surface area contributed by atoms with E-state index in [0.29, 0.717) is 0 Å². The lowest BCUT2D eigenvalue weighted by Crippen LogP contribution is -2.45. The van der Waals surface area contributed by atoms with Crippen molar-refractivity contribution in [3.8, 4) is 0 Å². The Kier molecular flexibility index (Phi) is 5.83. The number of hydrogen-bond acceptors (Lipinski definition) is 5. The lowest BCUT2D eigenvalue weighted by atomic mass is 10.2. The van der Waals surface area contributed by atoms with Crippen molar-refractivity contribution >= 4 is 23.3 Å². The summed E-state index contributed by atoms with van der Waals surface area (Å²) in [7, 11) is 5.20. The Morgan fingerprint density at radius 1 is 1.35 bits per heavy atom. The van der Waals surface area contributed by atoms with E-state index in [1.54, 1.807) is 0 Å². The maximum Gasteiger partial charge on any atom is 0.330 e. The molecule has 0 aliphatic heterocycles. The number of carbonyl (C=O) groups is 2. The summed E-state index contributed by atoms with van der Waals surface area (Å²) >= 11 is 0. The molecule has 1 unspecified atom stereocenters. The minimum Gasteiger partial charge on any atom is -0.467 e. The fourth-order valence-corrected chi connectivity index (χ4v) is 1.69. The Morgan fingerprint density at radius 3 is 2.60 bits per heavy atom. The van der Waals surface area contributed by atoms with Gasteiger partial charge in [0.15, 0.2) is 0 Å². The third kappa shape index (κ3) is 4.79. The van der Waals surface area contributed by atoms with Crippen LogP contribution in [0.1, 0.15) is 6.92 Å². The summed E-state index contributed by atoms with van der Waals surface area (Å²) in [6.45, 7) is 1.63. The molecule has 0 saturated heterocycles. The van der Waals surface area contributed by atoms with Crippen LogP contribution in [0.2, 0.25) is 0 Å². The first-order valence-corrected chi connectivity index (χ1v) is 6.30. The minimum atomic E-state index is -0.708. The van der Waals surface area contributed by atoms with Gasteiger partial charge >= 0.3 is 5.97 Å². The van der Waals surface area contributed by atoms with E-state index in [2.05, 4.69) is 15.4 Å². The van der Waals surface area contributed by atoms with Gasteiger partial charge in [0, 0.05) is 38.9 Å². The fraction of sp³-hybridized carbons (Fsp3) is 0.429. The smallest absolute Gasteiger partial charge is 0.330 e. The van der Waals surface area contributed by atoms with Gasteiger partial charge in [-0.1, -0.05) is 6.07 Å². The second-order valence-electron chi connectivity index (χ2n) is 4.60. The van der Waals surface area contributed by atoms with E-state index >= 15 is 0 Å². The highest BCUT2D eigenvalue weighted by atomic mass is 16.5. The number of nitrogens with zero attached hydrogens (tertiary/aromatic N) is 1. The van der Waals surface area contributed by atoms with Gasteiger partial charge in [0.1, 0.15) is 6.04 Å². The van der Waals surface area contributed by atoms with Crippen molar-refractivity contribution in [1.29, 1.82) is 0 Å². The van der Waals surface area contributed by atoms with Crippen molar-refractivity contribution in [2.24, 2.45) is 0 Å². The van der Waals surface area contributed by atoms with Crippen LogP contribution in [0.5, 0.6) is 0 Å². The molecule has 1 rings (SSSR count). The van der Waals surface area contributed by atoms with Gasteiger partial charge in [0.25, 0.3) is 0 Å². The average molecular weight is 279 g/mol. The van der Waals surface area contributed by atoms with Gasteiger partial charge in [0.2, 0.25) is 5.91 Å². The van der Waals surface area contributed by atoms with Crippen LogP contribution in [-0.2, 0) is 14.3 Å². The maximum atomic E-state index is 11.6. The summed E-state index contributed by atoms with van der Waals surface area (Å²) in [6.07, 6.45) is 0. The first-order valence-electron chi connectivity index (χ1n) is 6.30. The largest absolute Gasteiger partial charge is 0.467 e. The number of nitrogens with one attached hydrogen (secondary N) is 2. The highest BCUT2D eigenvalue weighted by Gasteiger charge is 2.19. The van der Waals surface area contributed by atoms with Crippen molar-refractivity contribution in [3.05, 3.63) is 24.3 Å². The third-order valence-corrected chi connectivity index (χ3v) is 2.74. The highest BCUT2D eigenvalue weighted by Crippen LogP contribution is 2.17. The van der Waals surface area contributed by atoms with Crippen molar-refractivity contribution in [2.75, 3.05) is 38.0 Å². The molecule has 0 radical (unpaired) electrons. The van der Waals surface area contributed by atoms with Gasteiger partial charge in [-0.05, 0) is 18.2 Å². The molecular formula is C14H21N3O3. The van der Waals surface area contributed by atoms with E-state index in [-0.39, 0.29) is 12.5 Å². The maximum absolute atomic E-state index is 11.6. The number of methoxy groups -OCH3 is 1. The summed E-state index contributed by atoms with van der Waals surface area (Å²) in [5.41, 5.74) is 1.92. The quantitative estimate of drug-likeness (QED) is 0.755. The summed E-state index contributed by atoms with van der Waals surface area (Å²) < 4.78 is 4.66. The predicted octanol–water partition coefficient (Wildman–Crippen LogP) is 0.842. The Labute approximate surface area is 119 Å². The number of anilines is 2. The van der Waals surface area contributed by atoms with Gasteiger partial charge in [-0.15, -0.1) is 0 Å². The fourth-order valence-electron chi connectivity index (χ4n) is 1.69. The zero-order valence-electron chi connectivity index (χ0n) is 12.3. The van der Waals surface area contributed by atoms with Crippen molar-refractivity contribution in [2.45, 2.75) is 13.0 Å². The second-order valence-corrected chi connectivity index (χ2v) is 4.60. The van der Waals surface area contributed by atoms with E-state index in [1.165, 1.54) is 14.0 Å². The lowest BCUT2D eigenvalue weighted by Gasteiger charge is -2.18. The predicted molar refractivity (Wildman–Crippen MR) is 78.9 cm³/mol. The summed E-state index contributed by atoms with van der Waals surface area (Å²) in [5, 5.41) is 5.67. The third-order valence-electron chi connectivity index (χ3n) is 2.74. The molecule has 1 aromatic rings. The number of hydrogen-bond donors (Lipinski definition) is 2. The van der Waals surface area contributed by atoms with E-state index in [9.17, 15) is 9.59 Å². The molecule has 0 saturated carbocycles. The van der Waals surface area contributed by atoms with Crippen molar-refractivity contribution in [1.82, 2.24) is 5.32 Å². The van der Waals surface area contributed by atoms with Crippen LogP contribution in [-0.4, -0.2) is 45.7 Å². The van der Waals surface area contributed by atoms with Gasteiger partial charge in [-0.3, -0.25) is 4.79 Å². The van der Waals surface area contributed by atoms with Crippen LogP contribution in [0.3, 0.4) is 0 Å². The molecule has 1 amide bonds. The number of carbonyl (C=O) groups excluding carboxylic acids is 2. The molecule has 0 aliphatic carbocycles. The Hall–Kier alpha value is -2.24. The van der Waals surface area contributed by atoms with Crippen LogP contribution in [0.4, 0.5) is 11.4 Å². The summed E-state index contributed by atoms with van der Waals surface area (Å²) in [6, 6.07) is 7.05. The van der Waals surface area contributed by atoms with Crippen molar-refractivity contribution < 1.29 is 14.3 Å². The molecule has 0 spiro atoms. The van der Waals surface area contributed by atoms with Gasteiger partial charge in [-0.2, -0.15) is 0 Å². The zero-order chi connectivity index (χ0) is 15.1. The van der Waals surface area contributed by atoms with Crippen molar-refractivity contribution in [3.63, 3.8) is 0 Å². The molecule has 20 heavy (non-hydrogen) atoms. The van der Waals surface area contributed by atoms with Gasteiger partial charge in [0.05, 0.1) is 7.11 Å². The number of benzene rings is 1. The van der Waals surface area contributed by atoms with Gasteiger partial charge in [-0.25, -0.2) is 4.79 Å². The Bertz CT molecular complexity index is 474. The van der Waals surface area contributed by atoms with Crippen LogP contribution in [0.25, 0.3) is 0 Å². The van der Waals surface area contributed by atoms with Gasteiger partial charge < -0.3 is 20.3 Å². The molecule has 0 aliphatic rings.